The Hall–Kier alpha value is -2.70. The van der Waals surface area contributed by atoms with E-state index in [0.29, 0.717) is 0 Å². The second kappa shape index (κ2) is 4.05. The van der Waals surface area contributed by atoms with Crippen molar-refractivity contribution in [1.82, 2.24) is 0 Å². The fourth-order valence-corrected chi connectivity index (χ4v) is 2.63. The van der Waals surface area contributed by atoms with Crippen LogP contribution < -0.4 is 0 Å². The summed E-state index contributed by atoms with van der Waals surface area (Å²) in [6.07, 6.45) is 0. The summed E-state index contributed by atoms with van der Waals surface area (Å²) < 4.78 is 0. The smallest absolute Gasteiger partial charge is 0.172 e. The second-order valence-electron chi connectivity index (χ2n) is 5.96. The second-order valence-corrected chi connectivity index (χ2v) is 6.98. The maximum atomic E-state index is 9.88. The molecule has 90 valence electrons. The van der Waals surface area contributed by atoms with Gasteiger partial charge in [-0.25, -0.2) is 0 Å². The number of rotatable bonds is 0. The first-order chi connectivity index (χ1) is 6.55. The molecule has 0 aliphatic rings. The Bertz CT molecular complexity index is 339. The van der Waals surface area contributed by atoms with E-state index in [1.807, 2.05) is 41.5 Å². The molecule has 2 N–H and O–H groups in total. The van der Waals surface area contributed by atoms with Crippen LogP contribution in [0.5, 0.6) is 11.5 Å². The quantitative estimate of drug-likeness (QED) is 0.424. The predicted molar refractivity (Wildman–Crippen MR) is 65.0 cm³/mol. The molecule has 1 rings (SSSR count). The summed E-state index contributed by atoms with van der Waals surface area (Å²) in [6, 6.07) is 0. The van der Waals surface area contributed by atoms with Crippen molar-refractivity contribution < 1.29 is 10.2 Å². The Morgan fingerprint density at radius 1 is 0.706 bits per heavy atom. The Morgan fingerprint density at radius 3 is 1.06 bits per heavy atom. The molecule has 0 amide bonds. The maximum absolute atomic E-state index is 9.88. The molecular formula is C12H20O2Rf2S. The van der Waals surface area contributed by atoms with Gasteiger partial charge in [0.25, 0.3) is 0 Å². The molecule has 0 spiro atoms. The van der Waals surface area contributed by atoms with Gasteiger partial charge in [-0.2, -0.15) is 0 Å². The van der Waals surface area contributed by atoms with E-state index in [1.165, 1.54) is 11.3 Å². The van der Waals surface area contributed by atoms with Gasteiger partial charge >= 0.3 is 0 Å². The number of aromatic hydroxyl groups is 2. The molecule has 0 fully saturated rings. The minimum Gasteiger partial charge on any atom is -0.503 e. The fraction of sp³-hybridized carbons (Fsp3) is 0.667. The molecule has 1 aromatic heterocycles. The van der Waals surface area contributed by atoms with Crippen molar-refractivity contribution in [2.45, 2.75) is 52.4 Å². The van der Waals surface area contributed by atoms with Crippen LogP contribution in [-0.2, 0) is 10.8 Å². The van der Waals surface area contributed by atoms with Crippen LogP contribution in [-0.4, -0.2) is 10.2 Å². The zero-order chi connectivity index (χ0) is 12.0. The first-order valence-electron chi connectivity index (χ1n) is 5.11. The minimum absolute atomic E-state index is 0. The zero-order valence-electron chi connectivity index (χ0n) is 11.7. The summed E-state index contributed by atoms with van der Waals surface area (Å²) in [7, 11) is 0. The van der Waals surface area contributed by atoms with Gasteiger partial charge in [-0.3, -0.25) is 0 Å². The molecule has 17 heavy (non-hydrogen) atoms. The Balaban J connectivity index is 0. The first kappa shape index (κ1) is 16.7. The van der Waals surface area contributed by atoms with Crippen molar-refractivity contribution in [2.24, 2.45) is 0 Å². The summed E-state index contributed by atoms with van der Waals surface area (Å²) in [5.74, 6) is 0.106. The standard InChI is InChI=1S/C12H20O2S.2Rf/c1-11(2,3)9-7(13)8(14)10(15-9)12(4,5)6;;/h13-14H,1-6H3;;. The van der Waals surface area contributed by atoms with E-state index in [-0.39, 0.29) is 22.3 Å². The third-order valence-electron chi connectivity index (χ3n) is 2.22. The van der Waals surface area contributed by atoms with E-state index < -0.39 is 0 Å². The molecule has 0 unspecified atom stereocenters. The van der Waals surface area contributed by atoms with Crippen LogP contribution in [0.2, 0.25) is 0 Å². The predicted octanol–water partition coefficient (Wildman–Crippen LogP) is 3.75. The summed E-state index contributed by atoms with van der Waals surface area (Å²) in [6.45, 7) is 12.2. The first-order valence-corrected chi connectivity index (χ1v) is 5.92. The molecule has 0 saturated carbocycles. The van der Waals surface area contributed by atoms with Crippen LogP contribution in [0.4, 0.5) is 0 Å². The van der Waals surface area contributed by atoms with Crippen molar-refractivity contribution in [3.8, 4) is 11.5 Å². The van der Waals surface area contributed by atoms with E-state index in [2.05, 4.69) is 0 Å². The molecule has 1 aromatic rings. The zero-order valence-corrected chi connectivity index (χ0v) is 25.3. The summed E-state index contributed by atoms with van der Waals surface area (Å²) in [5, 5.41) is 19.8. The van der Waals surface area contributed by atoms with E-state index in [9.17, 15) is 10.2 Å². The van der Waals surface area contributed by atoms with Gasteiger partial charge in [0.2, 0.25) is 0 Å². The van der Waals surface area contributed by atoms with Crippen LogP contribution in [0, 0.1) is 0 Å². The SMILES string of the molecule is CC(C)(C)c1sc(C(C)(C)C)c(O)c1O.[Rf].[Rf]. The van der Waals surface area contributed by atoms with Crippen LogP contribution >= 0.6 is 11.3 Å². The fourth-order valence-electron chi connectivity index (χ4n) is 1.43. The molecule has 0 aromatic carbocycles. The molecule has 2 nitrogen and oxygen atoms in total. The van der Waals surface area contributed by atoms with Gasteiger partial charge in [0, 0.05) is 10.8 Å². The monoisotopic (exact) mass is 762 g/mol. The molecule has 0 radical (unpaired) electrons. The van der Waals surface area contributed by atoms with Gasteiger partial charge in [0.15, 0.2) is 11.5 Å². The van der Waals surface area contributed by atoms with Crippen molar-refractivity contribution >= 4 is 11.3 Å². The third-order valence-corrected chi connectivity index (χ3v) is 4.24. The number of hydrogen-bond acceptors (Lipinski definition) is 3. The average molecular weight is 762 g/mol. The van der Waals surface area contributed by atoms with Gasteiger partial charge in [-0.1, -0.05) is 41.5 Å². The van der Waals surface area contributed by atoms with Gasteiger partial charge in [-0.15, -0.1) is 11.3 Å². The van der Waals surface area contributed by atoms with Crippen molar-refractivity contribution in [2.75, 3.05) is 0 Å². The Morgan fingerprint density at radius 2 is 0.941 bits per heavy atom. The molecule has 0 aliphatic heterocycles. The molecule has 0 aliphatic carbocycles. The van der Waals surface area contributed by atoms with E-state index in [1.54, 1.807) is 0 Å². The van der Waals surface area contributed by atoms with Crippen LogP contribution in [0.1, 0.15) is 51.3 Å². The number of hydrogen-bond donors (Lipinski definition) is 2. The van der Waals surface area contributed by atoms with E-state index >= 15 is 0 Å². The Labute approximate surface area is 95.6 Å². The largest absolute Gasteiger partial charge is 0.503 e. The minimum atomic E-state index is -0.129. The van der Waals surface area contributed by atoms with Crippen LogP contribution in [0.15, 0.2) is 0 Å². The average Bonchev–Trinajstić information content (AvgIpc) is 2.26. The van der Waals surface area contributed by atoms with E-state index in [4.69, 9.17) is 0 Å². The molecule has 1 heterocycles. The van der Waals surface area contributed by atoms with Crippen LogP contribution in [0.25, 0.3) is 0 Å². The van der Waals surface area contributed by atoms with Crippen LogP contribution in [0.3, 0.4) is 0 Å². The summed E-state index contributed by atoms with van der Waals surface area (Å²) in [5.41, 5.74) is -0.258. The van der Waals surface area contributed by atoms with Crippen molar-refractivity contribution in [3.63, 3.8) is 0 Å². The maximum Gasteiger partial charge on any atom is 0.172 e. The van der Waals surface area contributed by atoms with Gasteiger partial charge in [-0.05, 0) is 0 Å². The molecule has 0 bridgehead atoms. The summed E-state index contributed by atoms with van der Waals surface area (Å²) in [4.78, 5) is 1.70. The van der Waals surface area contributed by atoms with Crippen molar-refractivity contribution in [3.05, 3.63) is 9.75 Å². The number of thiophene rings is 1. The molecule has 0 atom stereocenters. The topological polar surface area (TPSA) is 40.5 Å². The molecule has 5 heteroatoms. The van der Waals surface area contributed by atoms with Gasteiger partial charge in [0.05, 0.1) is 9.75 Å². The summed E-state index contributed by atoms with van der Waals surface area (Å²) >= 11 is 1.50. The third kappa shape index (κ3) is 2.65. The van der Waals surface area contributed by atoms with Gasteiger partial charge in [0.1, 0.15) is 0 Å². The molecule has 0 saturated heterocycles. The van der Waals surface area contributed by atoms with E-state index in [0.717, 1.165) is 9.75 Å². The van der Waals surface area contributed by atoms with Gasteiger partial charge < -0.3 is 10.2 Å². The Kier molecular flexibility index (Phi) is 3.98. The molecular weight excluding hydrogens is 742 g/mol. The normalized spacial score (nSPS) is 11.6. The van der Waals surface area contributed by atoms with Crippen molar-refractivity contribution in [1.29, 1.82) is 0 Å².